The zero-order chi connectivity index (χ0) is 13.5. The van der Waals surface area contributed by atoms with Crippen LogP contribution in [0.5, 0.6) is 0 Å². The summed E-state index contributed by atoms with van der Waals surface area (Å²) in [6.07, 6.45) is 6.24. The van der Waals surface area contributed by atoms with E-state index in [0.29, 0.717) is 11.1 Å². The van der Waals surface area contributed by atoms with Crippen molar-refractivity contribution in [3.8, 4) is 0 Å². The highest BCUT2D eigenvalue weighted by Crippen LogP contribution is 2.28. The molecule has 1 N–H and O–H groups in total. The first kappa shape index (κ1) is 13.2. The van der Waals surface area contributed by atoms with Gasteiger partial charge in [-0.1, -0.05) is 18.6 Å². The van der Waals surface area contributed by atoms with Crippen LogP contribution in [0.1, 0.15) is 48.7 Å². The molecule has 1 aliphatic heterocycles. The summed E-state index contributed by atoms with van der Waals surface area (Å²) < 4.78 is 23.8. The summed E-state index contributed by atoms with van der Waals surface area (Å²) in [5.74, 6) is 1.27. The van der Waals surface area contributed by atoms with Gasteiger partial charge in [-0.15, -0.1) is 0 Å². The number of hydrogen-bond acceptors (Lipinski definition) is 4. The van der Waals surface area contributed by atoms with Crippen LogP contribution in [0.3, 0.4) is 0 Å². The molecule has 6 heteroatoms. The maximum Gasteiger partial charge on any atom is 0.151 e. The molecule has 0 spiro atoms. The lowest BCUT2D eigenvalue weighted by atomic mass is 10.1. The first-order valence-electron chi connectivity index (χ1n) is 6.87. The number of aromatic nitrogens is 2. The van der Waals surface area contributed by atoms with Crippen molar-refractivity contribution in [1.82, 2.24) is 9.97 Å². The van der Waals surface area contributed by atoms with Gasteiger partial charge in [-0.3, -0.25) is 0 Å². The molecule has 3 rings (SSSR count). The number of H-pyrrole nitrogens is 1. The smallest absolute Gasteiger partial charge is 0.151 e. The summed E-state index contributed by atoms with van der Waals surface area (Å²) in [5, 5.41) is 0. The van der Waals surface area contributed by atoms with Crippen molar-refractivity contribution >= 4 is 22.1 Å². The molecule has 1 aromatic rings. The van der Waals surface area contributed by atoms with Gasteiger partial charge in [-0.2, -0.15) is 0 Å². The zero-order valence-corrected chi connectivity index (χ0v) is 12.4. The third-order valence-electron chi connectivity index (χ3n) is 4.10. The minimum atomic E-state index is -2.88. The molecule has 1 saturated heterocycles. The fraction of sp³-hybridized carbons (Fsp3) is 0.692. The van der Waals surface area contributed by atoms with Crippen LogP contribution < -0.4 is 0 Å². The van der Waals surface area contributed by atoms with Gasteiger partial charge in [0.2, 0.25) is 0 Å². The van der Waals surface area contributed by atoms with Crippen molar-refractivity contribution in [3.05, 3.63) is 21.7 Å². The second kappa shape index (κ2) is 4.98. The Bertz CT molecular complexity index is 649. The van der Waals surface area contributed by atoms with Crippen molar-refractivity contribution in [2.24, 2.45) is 0 Å². The molecule has 104 valence electrons. The Kier molecular flexibility index (Phi) is 3.47. The molecule has 0 aromatic carbocycles. The van der Waals surface area contributed by atoms with E-state index in [1.54, 1.807) is 0 Å². The lowest BCUT2D eigenvalue weighted by Gasteiger charge is -2.12. The van der Waals surface area contributed by atoms with E-state index in [0.717, 1.165) is 18.7 Å². The summed E-state index contributed by atoms with van der Waals surface area (Å²) >= 11 is 5.40. The lowest BCUT2D eigenvalue weighted by Crippen LogP contribution is -2.11. The molecule has 0 saturated carbocycles. The van der Waals surface area contributed by atoms with Crippen LogP contribution in [0.25, 0.3) is 0 Å². The van der Waals surface area contributed by atoms with Gasteiger partial charge in [-0.05, 0) is 32.1 Å². The summed E-state index contributed by atoms with van der Waals surface area (Å²) in [5.41, 5.74) is 2.37. The number of hydrogen-bond donors (Lipinski definition) is 1. The van der Waals surface area contributed by atoms with E-state index in [-0.39, 0.29) is 17.4 Å². The molecule has 0 radical (unpaired) electrons. The minimum absolute atomic E-state index is 0.000234. The Hall–Kier alpha value is -0.750. The number of aryl methyl sites for hydroxylation is 1. The Balaban J connectivity index is 1.98. The van der Waals surface area contributed by atoms with Gasteiger partial charge in [0.05, 0.1) is 11.5 Å². The van der Waals surface area contributed by atoms with Crippen LogP contribution in [0, 0.1) is 4.64 Å². The van der Waals surface area contributed by atoms with E-state index >= 15 is 0 Å². The van der Waals surface area contributed by atoms with E-state index in [1.165, 1.54) is 30.5 Å². The van der Waals surface area contributed by atoms with Gasteiger partial charge in [-0.25, -0.2) is 13.4 Å². The SMILES string of the molecule is O=S1(=O)CCC(c2nc(=S)c3c([nH]2)CCCCC3)C1. The fourth-order valence-corrected chi connectivity index (χ4v) is 5.09. The van der Waals surface area contributed by atoms with Gasteiger partial charge in [0.1, 0.15) is 10.5 Å². The van der Waals surface area contributed by atoms with Gasteiger partial charge in [0, 0.05) is 17.2 Å². The van der Waals surface area contributed by atoms with Gasteiger partial charge in [0.15, 0.2) is 9.84 Å². The number of sulfone groups is 1. The van der Waals surface area contributed by atoms with Crippen molar-refractivity contribution < 1.29 is 8.42 Å². The predicted molar refractivity (Wildman–Crippen MR) is 76.7 cm³/mol. The molecule has 2 aliphatic rings. The molecule has 2 heterocycles. The normalized spacial score (nSPS) is 25.8. The molecule has 0 bridgehead atoms. The van der Waals surface area contributed by atoms with Gasteiger partial charge in [0.25, 0.3) is 0 Å². The van der Waals surface area contributed by atoms with E-state index in [4.69, 9.17) is 12.2 Å². The summed E-state index contributed by atoms with van der Waals surface area (Å²) in [6.45, 7) is 0. The van der Waals surface area contributed by atoms with Crippen LogP contribution >= 0.6 is 12.2 Å². The molecule has 1 aliphatic carbocycles. The number of fused-ring (bicyclic) bond motifs is 1. The maximum atomic E-state index is 11.6. The topological polar surface area (TPSA) is 62.8 Å². The van der Waals surface area contributed by atoms with Crippen molar-refractivity contribution in [2.75, 3.05) is 11.5 Å². The maximum absolute atomic E-state index is 11.6. The molecule has 1 unspecified atom stereocenters. The van der Waals surface area contributed by atoms with Crippen molar-refractivity contribution in [3.63, 3.8) is 0 Å². The summed E-state index contributed by atoms with van der Waals surface area (Å²) in [4.78, 5) is 7.85. The largest absolute Gasteiger partial charge is 0.347 e. The van der Waals surface area contributed by atoms with Crippen molar-refractivity contribution in [1.29, 1.82) is 0 Å². The summed E-state index contributed by atoms with van der Waals surface area (Å²) in [7, 11) is -2.88. The van der Waals surface area contributed by atoms with E-state index in [1.807, 2.05) is 0 Å². The van der Waals surface area contributed by atoms with Gasteiger partial charge < -0.3 is 4.98 Å². The minimum Gasteiger partial charge on any atom is -0.347 e. The molecule has 19 heavy (non-hydrogen) atoms. The zero-order valence-electron chi connectivity index (χ0n) is 10.8. The van der Waals surface area contributed by atoms with Crippen LogP contribution in [-0.4, -0.2) is 29.9 Å². The summed E-state index contributed by atoms with van der Waals surface area (Å²) in [6, 6.07) is 0. The van der Waals surface area contributed by atoms with Crippen LogP contribution in [0.2, 0.25) is 0 Å². The molecule has 1 aromatic heterocycles. The second-order valence-corrected chi connectivity index (χ2v) is 8.16. The number of nitrogens with one attached hydrogen (secondary N) is 1. The highest BCUT2D eigenvalue weighted by Gasteiger charge is 2.31. The highest BCUT2D eigenvalue weighted by atomic mass is 32.2. The Labute approximate surface area is 118 Å². The van der Waals surface area contributed by atoms with Crippen molar-refractivity contribution in [2.45, 2.75) is 44.4 Å². The Morgan fingerprint density at radius 3 is 2.74 bits per heavy atom. The highest BCUT2D eigenvalue weighted by molar-refractivity contribution is 7.91. The standard InChI is InChI=1S/C13H18N2O2S2/c16-19(17)7-6-9(8-19)12-14-11-5-3-1-2-4-10(11)13(18)15-12/h9H,1-8H2,(H,14,15,18). The Morgan fingerprint density at radius 2 is 2.00 bits per heavy atom. The van der Waals surface area contributed by atoms with E-state index in [9.17, 15) is 8.42 Å². The average Bonchev–Trinajstić information content (AvgIpc) is 2.59. The first-order valence-corrected chi connectivity index (χ1v) is 9.10. The number of rotatable bonds is 1. The van der Waals surface area contributed by atoms with Crippen LogP contribution in [-0.2, 0) is 22.7 Å². The molecular weight excluding hydrogens is 280 g/mol. The molecule has 1 atom stereocenters. The number of aromatic amines is 1. The fourth-order valence-electron chi connectivity index (χ4n) is 3.02. The molecular formula is C13H18N2O2S2. The first-order chi connectivity index (χ1) is 9.05. The quantitative estimate of drug-likeness (QED) is 0.638. The number of nitrogens with zero attached hydrogens (tertiary/aromatic N) is 1. The third kappa shape index (κ3) is 2.74. The Morgan fingerprint density at radius 1 is 1.21 bits per heavy atom. The van der Waals surface area contributed by atoms with Crippen LogP contribution in [0.15, 0.2) is 0 Å². The van der Waals surface area contributed by atoms with Crippen LogP contribution in [0.4, 0.5) is 0 Å². The molecule has 1 fully saturated rings. The monoisotopic (exact) mass is 298 g/mol. The van der Waals surface area contributed by atoms with E-state index in [2.05, 4.69) is 9.97 Å². The predicted octanol–water partition coefficient (Wildman–Crippen LogP) is 2.31. The average molecular weight is 298 g/mol. The molecule has 4 nitrogen and oxygen atoms in total. The van der Waals surface area contributed by atoms with E-state index < -0.39 is 9.84 Å². The second-order valence-electron chi connectivity index (χ2n) is 5.54. The lowest BCUT2D eigenvalue weighted by molar-refractivity contribution is 0.601. The molecule has 0 amide bonds. The van der Waals surface area contributed by atoms with Gasteiger partial charge >= 0.3 is 0 Å². The third-order valence-corrected chi connectivity index (χ3v) is 6.20.